The van der Waals surface area contributed by atoms with Gasteiger partial charge in [-0.2, -0.15) is 5.10 Å². The third kappa shape index (κ3) is 0.985. The van der Waals surface area contributed by atoms with Crippen molar-refractivity contribution in [2.24, 2.45) is 0 Å². The summed E-state index contributed by atoms with van der Waals surface area (Å²) in [7, 11) is 0. The van der Waals surface area contributed by atoms with Crippen LogP contribution in [0.3, 0.4) is 0 Å². The van der Waals surface area contributed by atoms with Gasteiger partial charge in [0.05, 0.1) is 10.9 Å². The van der Waals surface area contributed by atoms with Gasteiger partial charge in [0.15, 0.2) is 5.65 Å². The molecule has 1 N–H and O–H groups in total. The zero-order valence-corrected chi connectivity index (χ0v) is 9.61. The topological polar surface area (TPSA) is 46.0 Å². The molecule has 70 valence electrons. The standard InChI is InChI=1S/C9H7IN4/c1-5-2-3-6-7-8(10)11-12-9(7)13-14(6)4-5/h2-4H,1H3,(H,12,13). The molecule has 0 aliphatic carbocycles. The zero-order valence-electron chi connectivity index (χ0n) is 7.45. The summed E-state index contributed by atoms with van der Waals surface area (Å²) in [4.78, 5) is 0. The Kier molecular flexibility index (Phi) is 1.58. The van der Waals surface area contributed by atoms with Crippen LogP contribution in [0.5, 0.6) is 0 Å². The predicted octanol–water partition coefficient (Wildman–Crippen LogP) is 2.12. The molecule has 0 bridgehead atoms. The number of pyridine rings is 1. The quantitative estimate of drug-likeness (QED) is 0.646. The number of halogens is 1. The average Bonchev–Trinajstić information content (AvgIpc) is 2.66. The smallest absolute Gasteiger partial charge is 0.179 e. The molecule has 3 aromatic heterocycles. The molecule has 0 aliphatic heterocycles. The fraction of sp³-hybridized carbons (Fsp3) is 0.111. The number of fused-ring (bicyclic) bond motifs is 3. The minimum Gasteiger partial charge on any atom is -0.258 e. The minimum atomic E-state index is 0.847. The first-order chi connectivity index (χ1) is 6.75. The molecule has 5 heteroatoms. The highest BCUT2D eigenvalue weighted by Crippen LogP contribution is 2.22. The molecule has 4 nitrogen and oxygen atoms in total. The van der Waals surface area contributed by atoms with Crippen LogP contribution in [0.1, 0.15) is 5.56 Å². The van der Waals surface area contributed by atoms with Gasteiger partial charge in [0.25, 0.3) is 0 Å². The summed E-state index contributed by atoms with van der Waals surface area (Å²) in [5.41, 5.74) is 3.15. The Bertz CT molecular complexity index is 622. The van der Waals surface area contributed by atoms with Crippen molar-refractivity contribution in [1.82, 2.24) is 19.8 Å². The Hall–Kier alpha value is -1.11. The maximum Gasteiger partial charge on any atom is 0.179 e. The first-order valence-corrected chi connectivity index (χ1v) is 5.32. The van der Waals surface area contributed by atoms with Crippen LogP contribution in [0.4, 0.5) is 0 Å². The number of aromatic nitrogens is 4. The Balaban J connectivity index is 2.58. The fourth-order valence-corrected chi connectivity index (χ4v) is 2.24. The van der Waals surface area contributed by atoms with Gasteiger partial charge in [-0.25, -0.2) is 4.52 Å². The zero-order chi connectivity index (χ0) is 9.71. The van der Waals surface area contributed by atoms with Crippen molar-refractivity contribution in [2.75, 3.05) is 0 Å². The molecule has 0 atom stereocenters. The Labute approximate surface area is 93.4 Å². The molecule has 0 aliphatic rings. The number of nitrogens with zero attached hydrogens (tertiary/aromatic N) is 3. The van der Waals surface area contributed by atoms with Crippen molar-refractivity contribution in [3.8, 4) is 0 Å². The van der Waals surface area contributed by atoms with E-state index in [1.165, 1.54) is 5.56 Å². The second-order valence-corrected chi connectivity index (χ2v) is 4.30. The second kappa shape index (κ2) is 2.69. The van der Waals surface area contributed by atoms with E-state index in [2.05, 4.69) is 56.9 Å². The molecule has 0 fully saturated rings. The Morgan fingerprint density at radius 3 is 3.14 bits per heavy atom. The van der Waals surface area contributed by atoms with Crippen LogP contribution >= 0.6 is 22.6 Å². The molecule has 0 amide bonds. The maximum atomic E-state index is 4.39. The van der Waals surface area contributed by atoms with Gasteiger partial charge in [0.2, 0.25) is 0 Å². The van der Waals surface area contributed by atoms with Gasteiger partial charge in [-0.15, -0.1) is 5.10 Å². The predicted molar refractivity (Wildman–Crippen MR) is 62.3 cm³/mol. The summed E-state index contributed by atoms with van der Waals surface area (Å²) in [5, 5.41) is 12.5. The van der Waals surface area contributed by atoms with Gasteiger partial charge < -0.3 is 0 Å². The number of aromatic amines is 1. The lowest BCUT2D eigenvalue weighted by atomic mass is 10.3. The highest BCUT2D eigenvalue weighted by Gasteiger charge is 2.10. The minimum absolute atomic E-state index is 0.847. The van der Waals surface area contributed by atoms with Crippen LogP contribution in [0.25, 0.3) is 16.6 Å². The third-order valence-electron chi connectivity index (χ3n) is 2.24. The summed E-state index contributed by atoms with van der Waals surface area (Å²) >= 11 is 2.21. The maximum absolute atomic E-state index is 4.39. The monoisotopic (exact) mass is 298 g/mol. The molecule has 3 aromatic rings. The van der Waals surface area contributed by atoms with Crippen LogP contribution in [0.2, 0.25) is 0 Å². The molecule has 14 heavy (non-hydrogen) atoms. The Morgan fingerprint density at radius 2 is 2.29 bits per heavy atom. The summed E-state index contributed by atoms with van der Waals surface area (Å²) in [6.07, 6.45) is 2.01. The summed E-state index contributed by atoms with van der Waals surface area (Å²) < 4.78 is 2.86. The first kappa shape index (κ1) is 8.22. The number of aryl methyl sites for hydroxylation is 1. The van der Waals surface area contributed by atoms with Crippen LogP contribution in [-0.2, 0) is 0 Å². The van der Waals surface area contributed by atoms with E-state index in [1.54, 1.807) is 0 Å². The third-order valence-corrected chi connectivity index (χ3v) is 3.02. The van der Waals surface area contributed by atoms with E-state index in [-0.39, 0.29) is 0 Å². The van der Waals surface area contributed by atoms with Crippen LogP contribution in [-0.4, -0.2) is 19.8 Å². The highest BCUT2D eigenvalue weighted by molar-refractivity contribution is 14.1. The van der Waals surface area contributed by atoms with E-state index in [1.807, 2.05) is 10.7 Å². The van der Waals surface area contributed by atoms with Crippen molar-refractivity contribution >= 4 is 39.1 Å². The van der Waals surface area contributed by atoms with Crippen molar-refractivity contribution in [3.63, 3.8) is 0 Å². The molecular formula is C9H7IN4. The molecular weight excluding hydrogens is 291 g/mol. The first-order valence-electron chi connectivity index (χ1n) is 4.24. The molecule has 0 saturated carbocycles. The summed E-state index contributed by atoms with van der Waals surface area (Å²) in [5.74, 6) is 0. The van der Waals surface area contributed by atoms with Gasteiger partial charge in [-0.3, -0.25) is 5.10 Å². The number of hydrogen-bond donors (Lipinski definition) is 1. The molecule has 0 radical (unpaired) electrons. The van der Waals surface area contributed by atoms with E-state index < -0.39 is 0 Å². The molecule has 0 unspecified atom stereocenters. The largest absolute Gasteiger partial charge is 0.258 e. The van der Waals surface area contributed by atoms with E-state index in [9.17, 15) is 0 Å². The van der Waals surface area contributed by atoms with Crippen LogP contribution < -0.4 is 0 Å². The van der Waals surface area contributed by atoms with Crippen LogP contribution in [0, 0.1) is 10.6 Å². The molecule has 0 spiro atoms. The van der Waals surface area contributed by atoms with Gasteiger partial charge in [0.1, 0.15) is 3.70 Å². The number of nitrogens with one attached hydrogen (secondary N) is 1. The van der Waals surface area contributed by atoms with Gasteiger partial charge >= 0.3 is 0 Å². The lowest BCUT2D eigenvalue weighted by molar-refractivity contribution is 0.941. The van der Waals surface area contributed by atoms with Gasteiger partial charge in [-0.1, -0.05) is 6.07 Å². The Morgan fingerprint density at radius 1 is 1.43 bits per heavy atom. The summed E-state index contributed by atoms with van der Waals surface area (Å²) in [6.45, 7) is 2.05. The number of rotatable bonds is 0. The summed E-state index contributed by atoms with van der Waals surface area (Å²) in [6, 6.07) is 4.15. The van der Waals surface area contributed by atoms with Crippen molar-refractivity contribution in [1.29, 1.82) is 0 Å². The van der Waals surface area contributed by atoms with Crippen molar-refractivity contribution < 1.29 is 0 Å². The van der Waals surface area contributed by atoms with E-state index in [0.29, 0.717) is 0 Å². The number of H-pyrrole nitrogens is 1. The van der Waals surface area contributed by atoms with Gasteiger partial charge in [0, 0.05) is 6.20 Å². The second-order valence-electron chi connectivity index (χ2n) is 3.27. The average molecular weight is 298 g/mol. The lowest BCUT2D eigenvalue weighted by Gasteiger charge is -1.94. The lowest BCUT2D eigenvalue weighted by Crippen LogP contribution is -1.88. The van der Waals surface area contributed by atoms with Crippen molar-refractivity contribution in [2.45, 2.75) is 6.92 Å². The van der Waals surface area contributed by atoms with E-state index in [4.69, 9.17) is 0 Å². The molecule has 3 rings (SSSR count). The van der Waals surface area contributed by atoms with E-state index >= 15 is 0 Å². The van der Waals surface area contributed by atoms with Crippen LogP contribution in [0.15, 0.2) is 18.3 Å². The van der Waals surface area contributed by atoms with Gasteiger partial charge in [-0.05, 0) is 41.1 Å². The molecule has 3 heterocycles. The number of hydrogen-bond acceptors (Lipinski definition) is 2. The molecule has 0 aromatic carbocycles. The SMILES string of the molecule is Cc1ccc2c3c(I)n[nH]c3nn2c1. The normalized spacial score (nSPS) is 11.6. The van der Waals surface area contributed by atoms with E-state index in [0.717, 1.165) is 20.3 Å². The molecule has 0 saturated heterocycles. The van der Waals surface area contributed by atoms with Crippen molar-refractivity contribution in [3.05, 3.63) is 27.6 Å². The fourth-order valence-electron chi connectivity index (χ4n) is 1.59. The highest BCUT2D eigenvalue weighted by atomic mass is 127.